The summed E-state index contributed by atoms with van der Waals surface area (Å²) in [6.45, 7) is 11.5. The van der Waals surface area contributed by atoms with Gasteiger partial charge in [0.2, 0.25) is 0 Å². The van der Waals surface area contributed by atoms with Crippen LogP contribution in [0.25, 0.3) is 11.1 Å². The molecule has 11 heteroatoms. The SMILES string of the molecule is C=C(C)C(=O)OCCOCCOCCOCCOCCOCCOCCCNC(=O)OCC1c2ccccc2-c2ccccc21. The van der Waals surface area contributed by atoms with Crippen molar-refractivity contribution >= 4 is 12.1 Å². The van der Waals surface area contributed by atoms with Crippen LogP contribution in [0.2, 0.25) is 0 Å². The van der Waals surface area contributed by atoms with Gasteiger partial charge < -0.3 is 43.2 Å². The van der Waals surface area contributed by atoms with E-state index >= 15 is 0 Å². The molecule has 3 rings (SSSR count). The van der Waals surface area contributed by atoms with Crippen molar-refractivity contribution in [3.63, 3.8) is 0 Å². The Hall–Kier alpha value is -3.32. The second-order valence-electron chi connectivity index (χ2n) is 10.2. The summed E-state index contributed by atoms with van der Waals surface area (Å²) in [5.74, 6) is -0.366. The van der Waals surface area contributed by atoms with E-state index in [0.29, 0.717) is 104 Å². The molecule has 0 radical (unpaired) electrons. The molecule has 11 nitrogen and oxygen atoms in total. The zero-order valence-corrected chi connectivity index (χ0v) is 26.3. The minimum Gasteiger partial charge on any atom is -0.460 e. The summed E-state index contributed by atoms with van der Waals surface area (Å²) in [5.41, 5.74) is 5.17. The summed E-state index contributed by atoms with van der Waals surface area (Å²) in [4.78, 5) is 23.4. The van der Waals surface area contributed by atoms with Gasteiger partial charge in [-0.3, -0.25) is 0 Å². The van der Waals surface area contributed by atoms with Gasteiger partial charge in [-0.2, -0.15) is 0 Å². The Morgan fingerprint density at radius 1 is 0.622 bits per heavy atom. The van der Waals surface area contributed by atoms with E-state index in [4.69, 9.17) is 37.9 Å². The van der Waals surface area contributed by atoms with Gasteiger partial charge in [0, 0.05) is 24.6 Å². The predicted molar refractivity (Wildman–Crippen MR) is 168 cm³/mol. The van der Waals surface area contributed by atoms with Crippen molar-refractivity contribution in [2.75, 3.05) is 99.0 Å². The van der Waals surface area contributed by atoms with Crippen molar-refractivity contribution in [2.24, 2.45) is 0 Å². The zero-order chi connectivity index (χ0) is 32.0. The van der Waals surface area contributed by atoms with Gasteiger partial charge in [0.1, 0.15) is 13.2 Å². The van der Waals surface area contributed by atoms with Gasteiger partial charge >= 0.3 is 12.1 Å². The van der Waals surface area contributed by atoms with Crippen molar-refractivity contribution < 1.29 is 47.5 Å². The molecule has 1 aliphatic carbocycles. The average molecular weight is 630 g/mol. The number of nitrogens with one attached hydrogen (secondary N) is 1. The van der Waals surface area contributed by atoms with Gasteiger partial charge in [-0.05, 0) is 35.6 Å². The maximum Gasteiger partial charge on any atom is 0.407 e. The van der Waals surface area contributed by atoms with E-state index in [2.05, 4.69) is 36.2 Å². The number of ether oxygens (including phenoxy) is 8. The first-order chi connectivity index (χ1) is 22.1. The molecule has 248 valence electrons. The van der Waals surface area contributed by atoms with Crippen molar-refractivity contribution in [2.45, 2.75) is 19.3 Å². The number of carbonyl (C=O) groups is 2. The average Bonchev–Trinajstić information content (AvgIpc) is 3.37. The first-order valence-electron chi connectivity index (χ1n) is 15.5. The molecule has 45 heavy (non-hydrogen) atoms. The molecule has 0 heterocycles. The van der Waals surface area contributed by atoms with Crippen LogP contribution in [0.3, 0.4) is 0 Å². The van der Waals surface area contributed by atoms with Crippen LogP contribution in [-0.2, 0) is 42.7 Å². The van der Waals surface area contributed by atoms with Gasteiger partial charge in [0.05, 0.1) is 72.7 Å². The molecular formula is C34H47NO10. The highest BCUT2D eigenvalue weighted by Crippen LogP contribution is 2.44. The standard InChI is InChI=1S/C34H47NO10/c1-27(2)33(36)44-25-24-43-23-22-42-21-20-41-19-18-40-17-16-39-15-14-38-13-7-12-35-34(37)45-26-32-30-10-5-3-8-28(30)29-9-4-6-11-31(29)32/h3-6,8-11,32H,1,7,12-26H2,2H3,(H,35,37). The highest BCUT2D eigenvalue weighted by atomic mass is 16.6. The number of fused-ring (bicyclic) bond motifs is 3. The second-order valence-corrected chi connectivity index (χ2v) is 10.2. The molecule has 0 aromatic heterocycles. The van der Waals surface area contributed by atoms with E-state index in [9.17, 15) is 9.59 Å². The summed E-state index contributed by atoms with van der Waals surface area (Å²) in [6, 6.07) is 16.5. The molecular weight excluding hydrogens is 582 g/mol. The minimum absolute atomic E-state index is 0.0492. The molecule has 2 aromatic carbocycles. The fourth-order valence-corrected chi connectivity index (χ4v) is 4.53. The summed E-state index contributed by atoms with van der Waals surface area (Å²) in [7, 11) is 0. The summed E-state index contributed by atoms with van der Waals surface area (Å²) in [6.07, 6.45) is 0.263. The van der Waals surface area contributed by atoms with E-state index in [0.717, 1.165) is 0 Å². The summed E-state index contributed by atoms with van der Waals surface area (Å²) < 4.78 is 43.1. The van der Waals surface area contributed by atoms with Crippen LogP contribution < -0.4 is 5.32 Å². The van der Waals surface area contributed by atoms with E-state index in [1.165, 1.54) is 22.3 Å². The number of esters is 1. The molecule has 0 atom stereocenters. The molecule has 0 saturated carbocycles. The fraction of sp³-hybridized carbons (Fsp3) is 0.529. The van der Waals surface area contributed by atoms with Crippen molar-refractivity contribution in [1.29, 1.82) is 0 Å². The first kappa shape index (κ1) is 36.2. The van der Waals surface area contributed by atoms with E-state index in [-0.39, 0.29) is 12.5 Å². The Morgan fingerprint density at radius 3 is 1.51 bits per heavy atom. The van der Waals surface area contributed by atoms with E-state index < -0.39 is 12.1 Å². The van der Waals surface area contributed by atoms with Crippen LogP contribution >= 0.6 is 0 Å². The molecule has 0 aliphatic heterocycles. The first-order valence-corrected chi connectivity index (χ1v) is 15.5. The van der Waals surface area contributed by atoms with Gasteiger partial charge in [-0.15, -0.1) is 0 Å². The molecule has 0 saturated heterocycles. The number of hydrogen-bond donors (Lipinski definition) is 1. The van der Waals surface area contributed by atoms with Crippen LogP contribution in [0.15, 0.2) is 60.7 Å². The predicted octanol–water partition coefficient (Wildman–Crippen LogP) is 4.13. The van der Waals surface area contributed by atoms with Gasteiger partial charge in [-0.25, -0.2) is 9.59 Å². The minimum atomic E-state index is -0.418. The smallest absolute Gasteiger partial charge is 0.407 e. The van der Waals surface area contributed by atoms with Gasteiger partial charge in [0.15, 0.2) is 0 Å². The molecule has 1 amide bonds. The van der Waals surface area contributed by atoms with Crippen molar-refractivity contribution in [1.82, 2.24) is 5.32 Å². The third-order valence-electron chi connectivity index (χ3n) is 6.75. The lowest BCUT2D eigenvalue weighted by Gasteiger charge is -2.14. The monoisotopic (exact) mass is 629 g/mol. The Labute approximate surface area is 266 Å². The van der Waals surface area contributed by atoms with Crippen molar-refractivity contribution in [3.8, 4) is 11.1 Å². The Balaban J connectivity index is 1.03. The molecule has 1 aliphatic rings. The van der Waals surface area contributed by atoms with E-state index in [1.54, 1.807) is 6.92 Å². The van der Waals surface area contributed by atoms with Crippen LogP contribution in [0.5, 0.6) is 0 Å². The normalized spacial score (nSPS) is 12.0. The Bertz CT molecular complexity index is 1110. The number of amides is 1. The quantitative estimate of drug-likeness (QED) is 0.0975. The third kappa shape index (κ3) is 14.1. The largest absolute Gasteiger partial charge is 0.460 e. The number of hydrogen-bond acceptors (Lipinski definition) is 10. The summed E-state index contributed by atoms with van der Waals surface area (Å²) in [5, 5.41) is 2.79. The number of benzene rings is 2. The maximum absolute atomic E-state index is 12.2. The maximum atomic E-state index is 12.2. The van der Waals surface area contributed by atoms with Crippen LogP contribution in [0, 0.1) is 0 Å². The lowest BCUT2D eigenvalue weighted by atomic mass is 9.98. The molecule has 1 N–H and O–H groups in total. The highest BCUT2D eigenvalue weighted by molar-refractivity contribution is 5.86. The molecule has 0 bridgehead atoms. The molecule has 0 fully saturated rings. The highest BCUT2D eigenvalue weighted by Gasteiger charge is 2.28. The molecule has 2 aromatic rings. The second kappa shape index (κ2) is 22.2. The topological polar surface area (TPSA) is 120 Å². The Morgan fingerprint density at radius 2 is 1.04 bits per heavy atom. The lowest BCUT2D eigenvalue weighted by molar-refractivity contribution is -0.140. The zero-order valence-electron chi connectivity index (χ0n) is 26.3. The molecule has 0 spiro atoms. The van der Waals surface area contributed by atoms with Gasteiger partial charge in [-0.1, -0.05) is 55.1 Å². The fourth-order valence-electron chi connectivity index (χ4n) is 4.53. The number of alkyl carbamates (subject to hydrolysis) is 1. The third-order valence-corrected chi connectivity index (χ3v) is 6.75. The number of rotatable bonds is 25. The lowest BCUT2D eigenvalue weighted by Crippen LogP contribution is -2.27. The van der Waals surface area contributed by atoms with Crippen LogP contribution in [0.4, 0.5) is 4.79 Å². The Kier molecular flexibility index (Phi) is 17.9. The van der Waals surface area contributed by atoms with Crippen molar-refractivity contribution in [3.05, 3.63) is 71.8 Å². The molecule has 0 unspecified atom stereocenters. The van der Waals surface area contributed by atoms with Crippen LogP contribution in [0.1, 0.15) is 30.4 Å². The van der Waals surface area contributed by atoms with Gasteiger partial charge in [0.25, 0.3) is 0 Å². The van der Waals surface area contributed by atoms with Crippen LogP contribution in [-0.4, -0.2) is 111 Å². The van der Waals surface area contributed by atoms with E-state index in [1.807, 2.05) is 24.3 Å². The number of carbonyl (C=O) groups excluding carboxylic acids is 2. The summed E-state index contributed by atoms with van der Waals surface area (Å²) >= 11 is 0.